The predicted molar refractivity (Wildman–Crippen MR) is 104 cm³/mol. The Morgan fingerprint density at radius 2 is 2.00 bits per heavy atom. The molecule has 0 aliphatic carbocycles. The van der Waals surface area contributed by atoms with Crippen LogP contribution in [0.5, 0.6) is 0 Å². The maximum absolute atomic E-state index is 11.4. The minimum Gasteiger partial charge on any atom is -0.466 e. The van der Waals surface area contributed by atoms with Crippen LogP contribution in [-0.2, 0) is 16.1 Å². The smallest absolute Gasteiger partial charge is 0.307 e. The number of carbonyl (C=O) groups excluding carboxylic acids is 1. The summed E-state index contributed by atoms with van der Waals surface area (Å²) in [7, 11) is 0. The number of hydrogen-bond acceptors (Lipinski definition) is 5. The molecule has 1 fully saturated rings. The highest BCUT2D eigenvalue weighted by Gasteiger charge is 2.26. The Hall–Kier alpha value is -2.00. The summed E-state index contributed by atoms with van der Waals surface area (Å²) in [5.41, 5.74) is 1.06. The molecule has 1 aromatic rings. The molecule has 0 amide bonds. The van der Waals surface area contributed by atoms with Gasteiger partial charge in [0.15, 0.2) is 10.2 Å². The zero-order valence-electron chi connectivity index (χ0n) is 14.2. The first kappa shape index (κ1) is 19.3. The van der Waals surface area contributed by atoms with Gasteiger partial charge in [0, 0.05) is 38.6 Å². The molecule has 1 aromatic heterocycles. The molecule has 0 aromatic carbocycles. The largest absolute Gasteiger partial charge is 0.466 e. The molecule has 7 nitrogen and oxygen atoms in total. The molecular weight excluding hydrogens is 358 g/mol. The van der Waals surface area contributed by atoms with Crippen molar-refractivity contribution in [3.63, 3.8) is 0 Å². The van der Waals surface area contributed by atoms with Gasteiger partial charge in [0.05, 0.1) is 13.0 Å². The molecule has 1 saturated heterocycles. The van der Waals surface area contributed by atoms with Gasteiger partial charge in [-0.05, 0) is 49.4 Å². The number of pyridine rings is 1. The lowest BCUT2D eigenvalue weighted by molar-refractivity contribution is -0.142. The minimum absolute atomic E-state index is 0.232. The van der Waals surface area contributed by atoms with Gasteiger partial charge in [0.25, 0.3) is 0 Å². The third kappa shape index (κ3) is 6.09. The van der Waals surface area contributed by atoms with Crippen LogP contribution in [0, 0.1) is 0 Å². The van der Waals surface area contributed by atoms with Crippen LogP contribution >= 0.6 is 24.4 Å². The van der Waals surface area contributed by atoms with Crippen molar-refractivity contribution in [3.05, 3.63) is 30.1 Å². The van der Waals surface area contributed by atoms with Crippen LogP contribution in [0.1, 0.15) is 25.3 Å². The van der Waals surface area contributed by atoms with E-state index in [1.165, 1.54) is 0 Å². The van der Waals surface area contributed by atoms with E-state index >= 15 is 0 Å². The van der Waals surface area contributed by atoms with Crippen LogP contribution in [-0.4, -0.2) is 57.4 Å². The maximum Gasteiger partial charge on any atom is 0.307 e. The van der Waals surface area contributed by atoms with E-state index in [2.05, 4.69) is 15.6 Å². The van der Waals surface area contributed by atoms with Crippen molar-refractivity contribution in [3.8, 4) is 0 Å². The van der Waals surface area contributed by atoms with Gasteiger partial charge in [-0.25, -0.2) is 0 Å². The molecule has 0 spiro atoms. The first-order chi connectivity index (χ1) is 12.1. The van der Waals surface area contributed by atoms with Crippen LogP contribution < -0.4 is 10.6 Å². The summed E-state index contributed by atoms with van der Waals surface area (Å²) in [5.74, 6) is -0.232. The number of ether oxygens (including phenoxy) is 1. The van der Waals surface area contributed by atoms with Gasteiger partial charge in [-0.15, -0.1) is 0 Å². The standard InChI is InChI=1S/C16H23N5O2S2/c1-2-23-14(22)6-8-18-15(24)20-9-4-10-21(20)16(25)19-12-13-5-3-7-17-11-13/h3,5,7,11H,2,4,6,8-10,12H2,1H3,(H,18,24)(H,19,25). The quantitative estimate of drug-likeness (QED) is 0.559. The van der Waals surface area contributed by atoms with Crippen molar-refractivity contribution in [1.82, 2.24) is 25.6 Å². The van der Waals surface area contributed by atoms with Gasteiger partial charge in [-0.3, -0.25) is 19.8 Å². The summed E-state index contributed by atoms with van der Waals surface area (Å²) in [5, 5.41) is 11.4. The third-order valence-corrected chi connectivity index (χ3v) is 4.29. The second-order valence-corrected chi connectivity index (χ2v) is 6.18. The molecule has 2 rings (SSSR count). The number of rotatable bonds is 6. The highest BCUT2D eigenvalue weighted by Crippen LogP contribution is 2.11. The number of hydrazine groups is 1. The topological polar surface area (TPSA) is 69.7 Å². The van der Waals surface area contributed by atoms with Crippen molar-refractivity contribution in [2.75, 3.05) is 26.2 Å². The molecule has 0 unspecified atom stereocenters. The molecule has 1 aliphatic heterocycles. The van der Waals surface area contributed by atoms with Gasteiger partial charge < -0.3 is 15.4 Å². The first-order valence-corrected chi connectivity index (χ1v) is 9.08. The number of hydrogen-bond donors (Lipinski definition) is 2. The summed E-state index contributed by atoms with van der Waals surface area (Å²) in [6.45, 7) is 4.83. The van der Waals surface area contributed by atoms with Crippen molar-refractivity contribution >= 4 is 40.6 Å². The van der Waals surface area contributed by atoms with E-state index in [4.69, 9.17) is 29.2 Å². The normalized spacial score (nSPS) is 13.5. The molecule has 136 valence electrons. The Kier molecular flexibility index (Phi) is 7.80. The Morgan fingerprint density at radius 3 is 2.64 bits per heavy atom. The summed E-state index contributed by atoms with van der Waals surface area (Å²) in [6.07, 6.45) is 4.79. The molecule has 0 saturated carbocycles. The number of nitrogens with one attached hydrogen (secondary N) is 2. The van der Waals surface area contributed by atoms with Crippen molar-refractivity contribution in [2.24, 2.45) is 0 Å². The zero-order chi connectivity index (χ0) is 18.1. The second kappa shape index (κ2) is 10.1. The maximum atomic E-state index is 11.4. The van der Waals surface area contributed by atoms with E-state index < -0.39 is 0 Å². The number of esters is 1. The lowest BCUT2D eigenvalue weighted by atomic mass is 10.3. The molecule has 2 heterocycles. The Balaban J connectivity index is 1.79. The van der Waals surface area contributed by atoms with Crippen LogP contribution in [0.4, 0.5) is 0 Å². The van der Waals surface area contributed by atoms with Gasteiger partial charge in [0.2, 0.25) is 0 Å². The van der Waals surface area contributed by atoms with Crippen LogP contribution in [0.3, 0.4) is 0 Å². The van der Waals surface area contributed by atoms with Crippen molar-refractivity contribution in [1.29, 1.82) is 0 Å². The van der Waals surface area contributed by atoms with E-state index in [1.54, 1.807) is 19.3 Å². The second-order valence-electron chi connectivity index (χ2n) is 5.41. The third-order valence-electron chi connectivity index (χ3n) is 3.58. The molecule has 0 bridgehead atoms. The molecular formula is C16H23N5O2S2. The summed E-state index contributed by atoms with van der Waals surface area (Å²) >= 11 is 10.9. The van der Waals surface area contributed by atoms with Crippen molar-refractivity contribution in [2.45, 2.75) is 26.3 Å². The minimum atomic E-state index is -0.232. The molecule has 2 N–H and O–H groups in total. The van der Waals surface area contributed by atoms with E-state index in [0.29, 0.717) is 29.9 Å². The highest BCUT2D eigenvalue weighted by atomic mass is 32.1. The molecule has 25 heavy (non-hydrogen) atoms. The van der Waals surface area contributed by atoms with E-state index in [0.717, 1.165) is 25.1 Å². The summed E-state index contributed by atoms with van der Waals surface area (Å²) in [4.78, 5) is 15.5. The summed E-state index contributed by atoms with van der Waals surface area (Å²) in [6, 6.07) is 3.89. The number of aromatic nitrogens is 1. The molecule has 9 heteroatoms. The fraction of sp³-hybridized carbons (Fsp3) is 0.500. The fourth-order valence-corrected chi connectivity index (χ4v) is 2.96. The number of carbonyl (C=O) groups is 1. The summed E-state index contributed by atoms with van der Waals surface area (Å²) < 4.78 is 4.90. The van der Waals surface area contributed by atoms with E-state index in [-0.39, 0.29) is 12.4 Å². The van der Waals surface area contributed by atoms with Crippen molar-refractivity contribution < 1.29 is 9.53 Å². The molecule has 1 aliphatic rings. The van der Waals surface area contributed by atoms with Crippen LogP contribution in [0.15, 0.2) is 24.5 Å². The lowest BCUT2D eigenvalue weighted by Gasteiger charge is -2.32. The highest BCUT2D eigenvalue weighted by molar-refractivity contribution is 7.80. The van der Waals surface area contributed by atoms with Gasteiger partial charge in [-0.1, -0.05) is 6.07 Å². The Bertz CT molecular complexity index is 599. The Labute approximate surface area is 158 Å². The molecule has 0 radical (unpaired) electrons. The van der Waals surface area contributed by atoms with Gasteiger partial charge in [-0.2, -0.15) is 0 Å². The molecule has 0 atom stereocenters. The average molecular weight is 382 g/mol. The van der Waals surface area contributed by atoms with E-state index in [9.17, 15) is 4.79 Å². The fourth-order valence-electron chi connectivity index (χ4n) is 2.40. The first-order valence-electron chi connectivity index (χ1n) is 8.27. The number of nitrogens with zero attached hydrogens (tertiary/aromatic N) is 3. The average Bonchev–Trinajstić information content (AvgIpc) is 3.10. The number of thiocarbonyl (C=S) groups is 2. The van der Waals surface area contributed by atoms with Gasteiger partial charge in [0.1, 0.15) is 0 Å². The zero-order valence-corrected chi connectivity index (χ0v) is 15.9. The lowest BCUT2D eigenvalue weighted by Crippen LogP contribution is -2.52. The van der Waals surface area contributed by atoms with E-state index in [1.807, 2.05) is 22.2 Å². The van der Waals surface area contributed by atoms with Crippen LogP contribution in [0.2, 0.25) is 0 Å². The van der Waals surface area contributed by atoms with Crippen LogP contribution in [0.25, 0.3) is 0 Å². The monoisotopic (exact) mass is 381 g/mol. The SMILES string of the molecule is CCOC(=O)CCNC(=S)N1CCCN1C(=S)NCc1cccnc1. The predicted octanol–water partition coefficient (Wildman–Crippen LogP) is 1.21. The van der Waals surface area contributed by atoms with Gasteiger partial charge >= 0.3 is 5.97 Å². The Morgan fingerprint density at radius 1 is 1.28 bits per heavy atom.